The van der Waals surface area contributed by atoms with Gasteiger partial charge in [0.1, 0.15) is 0 Å². The van der Waals surface area contributed by atoms with Gasteiger partial charge < -0.3 is 5.11 Å². The molecule has 1 aromatic heterocycles. The smallest absolute Gasteiger partial charge is 0.336 e. The zero-order valence-corrected chi connectivity index (χ0v) is 14.2. The predicted octanol–water partition coefficient (Wildman–Crippen LogP) is 5.87. The molecule has 0 unspecified atom stereocenters. The Morgan fingerprint density at radius 2 is 1.78 bits per heavy atom. The third kappa shape index (κ3) is 2.88. The summed E-state index contributed by atoms with van der Waals surface area (Å²) in [7, 11) is 0. The molecule has 0 aliphatic heterocycles. The van der Waals surface area contributed by atoms with Gasteiger partial charge in [0.15, 0.2) is 0 Å². The summed E-state index contributed by atoms with van der Waals surface area (Å²) in [6, 6.07) is 9.93. The number of carboxylic acids is 1. The molecule has 6 heteroatoms. The summed E-state index contributed by atoms with van der Waals surface area (Å²) in [6.45, 7) is 1.85. The molecule has 23 heavy (non-hydrogen) atoms. The molecule has 0 saturated carbocycles. The maximum Gasteiger partial charge on any atom is 0.336 e. The first-order chi connectivity index (χ1) is 10.9. The Labute approximate surface area is 147 Å². The van der Waals surface area contributed by atoms with Gasteiger partial charge in [-0.05, 0) is 42.8 Å². The van der Waals surface area contributed by atoms with Crippen LogP contribution in [0.25, 0.3) is 22.2 Å². The average molecular weight is 367 g/mol. The molecule has 0 radical (unpaired) electrons. The fourth-order valence-electron chi connectivity index (χ4n) is 2.44. The SMILES string of the molecule is Cc1ccc(Cl)c2c(C(=O)O)cc(-c3ccc(Cl)cc3Cl)nc12. The van der Waals surface area contributed by atoms with E-state index in [1.165, 1.54) is 6.07 Å². The van der Waals surface area contributed by atoms with E-state index in [4.69, 9.17) is 34.8 Å². The van der Waals surface area contributed by atoms with E-state index < -0.39 is 5.97 Å². The van der Waals surface area contributed by atoms with Gasteiger partial charge in [0, 0.05) is 16.0 Å². The van der Waals surface area contributed by atoms with Crippen molar-refractivity contribution in [3.8, 4) is 11.3 Å². The molecule has 1 heterocycles. The third-order valence-electron chi connectivity index (χ3n) is 3.55. The zero-order chi connectivity index (χ0) is 16.7. The Hall–Kier alpha value is -1.81. The summed E-state index contributed by atoms with van der Waals surface area (Å²) in [5.74, 6) is -1.07. The van der Waals surface area contributed by atoms with Crippen LogP contribution in [0.4, 0.5) is 0 Å². The van der Waals surface area contributed by atoms with Crippen molar-refractivity contribution in [2.75, 3.05) is 0 Å². The number of fused-ring (bicyclic) bond motifs is 1. The number of hydrogen-bond acceptors (Lipinski definition) is 2. The number of carboxylic acid groups (broad SMARTS) is 1. The standard InChI is InChI=1S/C17H10Cl3NO2/c1-8-2-5-12(19)15-11(17(22)23)7-14(21-16(8)15)10-4-3-9(18)6-13(10)20/h2-7H,1H3,(H,22,23). The minimum absolute atomic E-state index is 0.0877. The number of nitrogens with zero attached hydrogens (tertiary/aromatic N) is 1. The maximum atomic E-state index is 11.7. The van der Waals surface area contributed by atoms with E-state index in [0.29, 0.717) is 37.2 Å². The van der Waals surface area contributed by atoms with E-state index in [1.807, 2.05) is 6.92 Å². The highest BCUT2D eigenvalue weighted by atomic mass is 35.5. The molecule has 0 saturated heterocycles. The normalized spacial score (nSPS) is 11.0. The lowest BCUT2D eigenvalue weighted by Gasteiger charge is -2.11. The molecule has 3 nitrogen and oxygen atoms in total. The van der Waals surface area contributed by atoms with Crippen LogP contribution >= 0.6 is 34.8 Å². The van der Waals surface area contributed by atoms with Crippen LogP contribution in [0.5, 0.6) is 0 Å². The van der Waals surface area contributed by atoms with Crippen molar-refractivity contribution >= 4 is 51.7 Å². The number of rotatable bonds is 2. The number of pyridine rings is 1. The topological polar surface area (TPSA) is 50.2 Å². The van der Waals surface area contributed by atoms with Crippen molar-refractivity contribution < 1.29 is 9.90 Å². The molecule has 2 aromatic carbocycles. The number of aromatic nitrogens is 1. The van der Waals surface area contributed by atoms with Crippen molar-refractivity contribution in [1.29, 1.82) is 0 Å². The van der Waals surface area contributed by atoms with Gasteiger partial charge in [-0.15, -0.1) is 0 Å². The summed E-state index contributed by atoms with van der Waals surface area (Å²) in [5, 5.41) is 11.2. The highest BCUT2D eigenvalue weighted by Gasteiger charge is 2.18. The highest BCUT2D eigenvalue weighted by molar-refractivity contribution is 6.37. The first kappa shape index (κ1) is 16.1. The maximum absolute atomic E-state index is 11.7. The minimum atomic E-state index is -1.07. The van der Waals surface area contributed by atoms with Gasteiger partial charge in [0.2, 0.25) is 0 Å². The number of hydrogen-bond donors (Lipinski definition) is 1. The van der Waals surface area contributed by atoms with Crippen LogP contribution in [-0.4, -0.2) is 16.1 Å². The lowest BCUT2D eigenvalue weighted by molar-refractivity contribution is 0.0699. The molecule has 0 atom stereocenters. The second kappa shape index (κ2) is 6.00. The first-order valence-corrected chi connectivity index (χ1v) is 7.80. The third-order valence-corrected chi connectivity index (χ3v) is 4.41. The fraction of sp³-hybridized carbons (Fsp3) is 0.0588. The minimum Gasteiger partial charge on any atom is -0.478 e. The van der Waals surface area contributed by atoms with Crippen LogP contribution in [0.15, 0.2) is 36.4 Å². The molecule has 3 rings (SSSR count). The van der Waals surface area contributed by atoms with Crippen LogP contribution < -0.4 is 0 Å². The van der Waals surface area contributed by atoms with Gasteiger partial charge in [0.05, 0.1) is 26.8 Å². The second-order valence-corrected chi connectivity index (χ2v) is 6.32. The lowest BCUT2D eigenvalue weighted by atomic mass is 10.0. The van der Waals surface area contributed by atoms with Crippen molar-refractivity contribution in [1.82, 2.24) is 4.98 Å². The van der Waals surface area contributed by atoms with Crippen molar-refractivity contribution in [2.45, 2.75) is 6.92 Å². The van der Waals surface area contributed by atoms with E-state index in [9.17, 15) is 9.90 Å². The Bertz CT molecular complexity index is 954. The van der Waals surface area contributed by atoms with Gasteiger partial charge in [-0.3, -0.25) is 0 Å². The Balaban J connectivity index is 2.40. The van der Waals surface area contributed by atoms with Gasteiger partial charge in [-0.1, -0.05) is 40.9 Å². The first-order valence-electron chi connectivity index (χ1n) is 6.67. The predicted molar refractivity (Wildman–Crippen MR) is 93.9 cm³/mol. The lowest BCUT2D eigenvalue weighted by Crippen LogP contribution is -2.02. The fourth-order valence-corrected chi connectivity index (χ4v) is 3.20. The van der Waals surface area contributed by atoms with Gasteiger partial charge in [0.25, 0.3) is 0 Å². The van der Waals surface area contributed by atoms with Gasteiger partial charge in [-0.25, -0.2) is 9.78 Å². The van der Waals surface area contributed by atoms with Crippen LogP contribution in [0.1, 0.15) is 15.9 Å². The number of carbonyl (C=O) groups is 1. The highest BCUT2D eigenvalue weighted by Crippen LogP contribution is 2.34. The molecule has 1 N–H and O–H groups in total. The molecular weight excluding hydrogens is 357 g/mol. The molecule has 0 aliphatic carbocycles. The molecule has 3 aromatic rings. The number of aromatic carboxylic acids is 1. The van der Waals surface area contributed by atoms with Crippen molar-refractivity contribution in [3.63, 3.8) is 0 Å². The van der Waals surface area contributed by atoms with E-state index in [1.54, 1.807) is 30.3 Å². The van der Waals surface area contributed by atoms with Gasteiger partial charge in [-0.2, -0.15) is 0 Å². The summed E-state index contributed by atoms with van der Waals surface area (Å²) < 4.78 is 0. The Morgan fingerprint density at radius 3 is 2.43 bits per heavy atom. The number of aryl methyl sites for hydroxylation is 1. The monoisotopic (exact) mass is 365 g/mol. The Kier molecular flexibility index (Phi) is 4.19. The van der Waals surface area contributed by atoms with Crippen molar-refractivity contribution in [2.24, 2.45) is 0 Å². The van der Waals surface area contributed by atoms with E-state index >= 15 is 0 Å². The van der Waals surface area contributed by atoms with Crippen molar-refractivity contribution in [3.05, 3.63) is 62.6 Å². The average Bonchev–Trinajstić information content (AvgIpc) is 2.50. The summed E-state index contributed by atoms with van der Waals surface area (Å²) >= 11 is 18.3. The Morgan fingerprint density at radius 1 is 1.04 bits per heavy atom. The number of halogens is 3. The summed E-state index contributed by atoms with van der Waals surface area (Å²) in [6.07, 6.45) is 0. The van der Waals surface area contributed by atoms with Gasteiger partial charge >= 0.3 is 5.97 Å². The summed E-state index contributed by atoms with van der Waals surface area (Å²) in [4.78, 5) is 16.2. The molecule has 0 amide bonds. The van der Waals surface area contributed by atoms with Crippen LogP contribution in [-0.2, 0) is 0 Å². The van der Waals surface area contributed by atoms with E-state index in [-0.39, 0.29) is 5.56 Å². The van der Waals surface area contributed by atoms with Crippen LogP contribution in [0, 0.1) is 6.92 Å². The van der Waals surface area contributed by atoms with Crippen LogP contribution in [0.3, 0.4) is 0 Å². The second-order valence-electron chi connectivity index (χ2n) is 5.07. The quantitative estimate of drug-likeness (QED) is 0.617. The molecule has 0 spiro atoms. The molecular formula is C17H10Cl3NO2. The molecule has 0 bridgehead atoms. The van der Waals surface area contributed by atoms with E-state index in [0.717, 1.165) is 5.56 Å². The molecule has 0 fully saturated rings. The zero-order valence-electron chi connectivity index (χ0n) is 11.9. The summed E-state index contributed by atoms with van der Waals surface area (Å²) in [5.41, 5.74) is 2.53. The molecule has 0 aliphatic rings. The largest absolute Gasteiger partial charge is 0.478 e. The molecule has 116 valence electrons. The van der Waals surface area contributed by atoms with Crippen LogP contribution in [0.2, 0.25) is 15.1 Å². The van der Waals surface area contributed by atoms with E-state index in [2.05, 4.69) is 4.98 Å². The number of benzene rings is 2.